The zero-order chi connectivity index (χ0) is 15.0. The average molecular weight is 283 g/mol. The molecule has 1 N–H and O–H groups in total. The van der Waals surface area contributed by atoms with Crippen LogP contribution < -0.4 is 5.32 Å². The van der Waals surface area contributed by atoms with Crippen molar-refractivity contribution in [2.45, 2.75) is 66.7 Å². The van der Waals surface area contributed by atoms with E-state index in [1.54, 1.807) is 0 Å². The minimum absolute atomic E-state index is 0.449. The molecule has 1 fully saturated rings. The Morgan fingerprint density at radius 2 is 2.00 bits per heavy atom. The molecule has 0 aliphatic carbocycles. The van der Waals surface area contributed by atoms with E-state index in [1.165, 1.54) is 58.3 Å². The van der Waals surface area contributed by atoms with Crippen LogP contribution in [-0.4, -0.2) is 37.6 Å². The van der Waals surface area contributed by atoms with Gasteiger partial charge in [0.1, 0.15) is 0 Å². The highest BCUT2D eigenvalue weighted by Crippen LogP contribution is 2.28. The summed E-state index contributed by atoms with van der Waals surface area (Å²) < 4.78 is 0. The van der Waals surface area contributed by atoms with Crippen LogP contribution >= 0.6 is 0 Å². The van der Waals surface area contributed by atoms with Gasteiger partial charge in [-0.25, -0.2) is 0 Å². The Labute approximate surface area is 127 Å². The summed E-state index contributed by atoms with van der Waals surface area (Å²) in [7, 11) is 0. The Kier molecular flexibility index (Phi) is 8.13. The van der Waals surface area contributed by atoms with E-state index in [9.17, 15) is 0 Å². The molecule has 1 saturated heterocycles. The number of rotatable bonds is 10. The van der Waals surface area contributed by atoms with Crippen LogP contribution in [0, 0.1) is 17.3 Å². The monoisotopic (exact) mass is 282 g/mol. The quantitative estimate of drug-likeness (QED) is 0.647. The van der Waals surface area contributed by atoms with Crippen molar-refractivity contribution in [2.75, 3.05) is 32.7 Å². The van der Waals surface area contributed by atoms with Crippen molar-refractivity contribution >= 4 is 0 Å². The van der Waals surface area contributed by atoms with Gasteiger partial charge in [0.05, 0.1) is 0 Å². The Morgan fingerprint density at radius 3 is 2.60 bits per heavy atom. The topological polar surface area (TPSA) is 15.3 Å². The molecule has 0 saturated carbocycles. The summed E-state index contributed by atoms with van der Waals surface area (Å²) in [4.78, 5) is 2.73. The van der Waals surface area contributed by atoms with Crippen LogP contribution in [0.1, 0.15) is 66.7 Å². The van der Waals surface area contributed by atoms with E-state index >= 15 is 0 Å². The highest BCUT2D eigenvalue weighted by Gasteiger charge is 2.30. The van der Waals surface area contributed by atoms with Gasteiger partial charge in [0, 0.05) is 19.6 Å². The fourth-order valence-corrected chi connectivity index (χ4v) is 3.73. The lowest BCUT2D eigenvalue weighted by Gasteiger charge is -2.34. The third-order valence-corrected chi connectivity index (χ3v) is 4.63. The highest BCUT2D eigenvalue weighted by molar-refractivity contribution is 4.85. The molecule has 2 heteroatoms. The van der Waals surface area contributed by atoms with Gasteiger partial charge in [-0.3, -0.25) is 0 Å². The summed E-state index contributed by atoms with van der Waals surface area (Å²) in [5.74, 6) is 1.72. The molecule has 2 unspecified atom stereocenters. The van der Waals surface area contributed by atoms with Gasteiger partial charge in [-0.05, 0) is 49.6 Å². The molecule has 0 aromatic rings. The third kappa shape index (κ3) is 6.58. The molecule has 2 nitrogen and oxygen atoms in total. The second kappa shape index (κ2) is 9.04. The van der Waals surface area contributed by atoms with Gasteiger partial charge >= 0.3 is 0 Å². The third-order valence-electron chi connectivity index (χ3n) is 4.63. The van der Waals surface area contributed by atoms with Crippen molar-refractivity contribution in [1.29, 1.82) is 0 Å². The van der Waals surface area contributed by atoms with Crippen molar-refractivity contribution in [2.24, 2.45) is 17.3 Å². The molecule has 0 bridgehead atoms. The summed E-state index contributed by atoms with van der Waals surface area (Å²) in [6.07, 6.45) is 6.84. The second-order valence-corrected chi connectivity index (χ2v) is 7.76. The van der Waals surface area contributed by atoms with Gasteiger partial charge in [0.2, 0.25) is 0 Å². The Hall–Kier alpha value is -0.0800. The molecule has 1 heterocycles. The first kappa shape index (κ1) is 18.0. The van der Waals surface area contributed by atoms with E-state index in [-0.39, 0.29) is 0 Å². The smallest absolute Gasteiger partial charge is 0.00476 e. The molecular formula is C18H38N2. The predicted molar refractivity (Wildman–Crippen MR) is 90.2 cm³/mol. The normalized spacial score (nSPS) is 23.4. The van der Waals surface area contributed by atoms with Crippen molar-refractivity contribution in [1.82, 2.24) is 10.2 Å². The maximum atomic E-state index is 3.69. The van der Waals surface area contributed by atoms with Gasteiger partial charge in [-0.2, -0.15) is 0 Å². The molecule has 0 radical (unpaired) electrons. The number of nitrogens with zero attached hydrogens (tertiary/aromatic N) is 1. The van der Waals surface area contributed by atoms with Crippen LogP contribution in [0.25, 0.3) is 0 Å². The van der Waals surface area contributed by atoms with Crippen LogP contribution in [0.3, 0.4) is 0 Å². The zero-order valence-corrected chi connectivity index (χ0v) is 14.7. The minimum atomic E-state index is 0.449. The molecule has 1 aliphatic heterocycles. The van der Waals surface area contributed by atoms with Crippen LogP contribution in [0.4, 0.5) is 0 Å². The van der Waals surface area contributed by atoms with Gasteiger partial charge in [0.25, 0.3) is 0 Å². The van der Waals surface area contributed by atoms with Crippen molar-refractivity contribution in [3.05, 3.63) is 0 Å². The summed E-state index contributed by atoms with van der Waals surface area (Å²) in [6, 6.07) is 0. The second-order valence-electron chi connectivity index (χ2n) is 7.76. The number of hydrogen-bond donors (Lipinski definition) is 1. The van der Waals surface area contributed by atoms with E-state index in [0.717, 1.165) is 18.4 Å². The first-order valence-corrected chi connectivity index (χ1v) is 8.92. The van der Waals surface area contributed by atoms with E-state index in [2.05, 4.69) is 44.8 Å². The standard InChI is InChI=1S/C18H38N2/c1-6-8-17-9-11-20(13-17)15-18(5,10-7-2)14-19-12-16(3)4/h16-17,19H,6-15H2,1-5H3. The van der Waals surface area contributed by atoms with E-state index < -0.39 is 0 Å². The first-order valence-electron chi connectivity index (χ1n) is 8.92. The van der Waals surface area contributed by atoms with Crippen LogP contribution in [0.15, 0.2) is 0 Å². The predicted octanol–water partition coefficient (Wildman–Crippen LogP) is 4.16. The maximum absolute atomic E-state index is 3.69. The molecule has 0 amide bonds. The Balaban J connectivity index is 2.41. The summed E-state index contributed by atoms with van der Waals surface area (Å²) >= 11 is 0. The zero-order valence-electron chi connectivity index (χ0n) is 14.7. The molecule has 2 atom stereocenters. The molecule has 0 aromatic heterocycles. The average Bonchev–Trinajstić information content (AvgIpc) is 2.76. The minimum Gasteiger partial charge on any atom is -0.316 e. The fraction of sp³-hybridized carbons (Fsp3) is 1.00. The van der Waals surface area contributed by atoms with Crippen molar-refractivity contribution in [3.63, 3.8) is 0 Å². The highest BCUT2D eigenvalue weighted by atomic mass is 15.2. The molecule has 120 valence electrons. The van der Waals surface area contributed by atoms with Crippen LogP contribution in [0.2, 0.25) is 0 Å². The summed E-state index contributed by atoms with van der Waals surface area (Å²) in [5, 5.41) is 3.69. The Morgan fingerprint density at radius 1 is 1.25 bits per heavy atom. The maximum Gasteiger partial charge on any atom is 0.00476 e. The summed E-state index contributed by atoms with van der Waals surface area (Å²) in [6.45, 7) is 18.0. The number of hydrogen-bond acceptors (Lipinski definition) is 2. The lowest BCUT2D eigenvalue weighted by Crippen LogP contribution is -2.42. The van der Waals surface area contributed by atoms with Gasteiger partial charge in [0.15, 0.2) is 0 Å². The lowest BCUT2D eigenvalue weighted by atomic mass is 9.84. The molecule has 0 spiro atoms. The van der Waals surface area contributed by atoms with Crippen LogP contribution in [0.5, 0.6) is 0 Å². The van der Waals surface area contributed by atoms with Crippen molar-refractivity contribution < 1.29 is 0 Å². The SMILES string of the molecule is CCCC1CCN(CC(C)(CCC)CNCC(C)C)C1. The molecule has 0 aromatic carbocycles. The summed E-state index contributed by atoms with van der Waals surface area (Å²) in [5.41, 5.74) is 0.449. The van der Waals surface area contributed by atoms with E-state index in [1.807, 2.05) is 0 Å². The fourth-order valence-electron chi connectivity index (χ4n) is 3.73. The van der Waals surface area contributed by atoms with Gasteiger partial charge < -0.3 is 10.2 Å². The molecule has 20 heavy (non-hydrogen) atoms. The number of nitrogens with one attached hydrogen (secondary N) is 1. The van der Waals surface area contributed by atoms with E-state index in [0.29, 0.717) is 5.41 Å². The van der Waals surface area contributed by atoms with Gasteiger partial charge in [-0.15, -0.1) is 0 Å². The Bertz CT molecular complexity index is 252. The lowest BCUT2D eigenvalue weighted by molar-refractivity contribution is 0.167. The largest absolute Gasteiger partial charge is 0.316 e. The van der Waals surface area contributed by atoms with Crippen LogP contribution in [-0.2, 0) is 0 Å². The van der Waals surface area contributed by atoms with E-state index in [4.69, 9.17) is 0 Å². The number of likely N-dealkylation sites (tertiary alicyclic amines) is 1. The molecule has 1 rings (SSSR count). The molecular weight excluding hydrogens is 244 g/mol. The van der Waals surface area contributed by atoms with Crippen molar-refractivity contribution in [3.8, 4) is 0 Å². The first-order chi connectivity index (χ1) is 9.49. The molecule has 1 aliphatic rings. The van der Waals surface area contributed by atoms with Gasteiger partial charge in [-0.1, -0.05) is 47.5 Å².